The second-order valence-electron chi connectivity index (χ2n) is 6.73. The zero-order valence-electron chi connectivity index (χ0n) is 16.3. The molecular formula is C21H17F2N5O3. The molecule has 2 heterocycles. The molecule has 0 unspecified atom stereocenters. The van der Waals surface area contributed by atoms with Crippen LogP contribution in [0.2, 0.25) is 0 Å². The molecule has 0 bridgehead atoms. The van der Waals surface area contributed by atoms with Crippen molar-refractivity contribution in [3.8, 4) is 11.4 Å². The first-order valence-corrected chi connectivity index (χ1v) is 9.26. The molecule has 0 aliphatic rings. The van der Waals surface area contributed by atoms with Crippen molar-refractivity contribution in [2.24, 2.45) is 0 Å². The SMILES string of the molecule is Cc1ccc(OC(F)F)c(NC(=O)Cn2cnc3c(cnn3-c3ccccc3)c2=O)c1. The lowest BCUT2D eigenvalue weighted by atomic mass is 10.2. The summed E-state index contributed by atoms with van der Waals surface area (Å²) in [5, 5.41) is 6.97. The van der Waals surface area contributed by atoms with Gasteiger partial charge in [0.15, 0.2) is 5.65 Å². The second kappa shape index (κ2) is 8.34. The molecule has 0 spiro atoms. The van der Waals surface area contributed by atoms with Crippen LogP contribution in [0.1, 0.15) is 5.56 Å². The normalized spacial score (nSPS) is 11.1. The zero-order chi connectivity index (χ0) is 22.0. The number of anilines is 1. The third-order valence-corrected chi connectivity index (χ3v) is 4.49. The molecule has 0 aliphatic heterocycles. The minimum atomic E-state index is -3.03. The topological polar surface area (TPSA) is 91.0 Å². The van der Waals surface area contributed by atoms with Gasteiger partial charge >= 0.3 is 6.61 Å². The van der Waals surface area contributed by atoms with Crippen LogP contribution in [0.4, 0.5) is 14.5 Å². The fraction of sp³-hybridized carbons (Fsp3) is 0.143. The number of ether oxygens (including phenoxy) is 1. The van der Waals surface area contributed by atoms with E-state index in [1.54, 1.807) is 13.0 Å². The molecule has 0 aliphatic carbocycles. The molecule has 2 aromatic carbocycles. The van der Waals surface area contributed by atoms with Crippen molar-refractivity contribution in [2.45, 2.75) is 20.1 Å². The molecule has 0 saturated carbocycles. The summed E-state index contributed by atoms with van der Waals surface area (Å²) in [6.07, 6.45) is 2.64. The number of para-hydroxylation sites is 1. The number of benzene rings is 2. The van der Waals surface area contributed by atoms with Crippen LogP contribution in [0.5, 0.6) is 5.75 Å². The van der Waals surface area contributed by atoms with Crippen molar-refractivity contribution in [3.05, 3.63) is 77.0 Å². The summed E-state index contributed by atoms with van der Waals surface area (Å²) in [5.74, 6) is -0.762. The summed E-state index contributed by atoms with van der Waals surface area (Å²) in [7, 11) is 0. The largest absolute Gasteiger partial charge is 0.433 e. The van der Waals surface area contributed by atoms with E-state index in [1.807, 2.05) is 30.3 Å². The monoisotopic (exact) mass is 425 g/mol. The molecule has 1 amide bonds. The maximum absolute atomic E-state index is 12.8. The lowest BCUT2D eigenvalue weighted by Crippen LogP contribution is -2.28. The van der Waals surface area contributed by atoms with Gasteiger partial charge in [0.2, 0.25) is 5.91 Å². The Hall–Kier alpha value is -4.08. The highest BCUT2D eigenvalue weighted by atomic mass is 19.3. The summed E-state index contributed by atoms with van der Waals surface area (Å²) < 4.78 is 32.3. The molecule has 4 rings (SSSR count). The van der Waals surface area contributed by atoms with Gasteiger partial charge in [0, 0.05) is 0 Å². The number of halogens is 2. The Labute approximate surface area is 174 Å². The molecule has 1 N–H and O–H groups in total. The number of rotatable bonds is 6. The summed E-state index contributed by atoms with van der Waals surface area (Å²) in [6.45, 7) is -1.65. The third kappa shape index (κ3) is 4.27. The predicted octanol–water partition coefficient (Wildman–Crippen LogP) is 3.13. The molecular weight excluding hydrogens is 408 g/mol. The number of aryl methyl sites for hydroxylation is 1. The fourth-order valence-electron chi connectivity index (χ4n) is 3.10. The van der Waals surface area contributed by atoms with Crippen LogP contribution in [0.15, 0.2) is 65.8 Å². The maximum Gasteiger partial charge on any atom is 0.387 e. The minimum Gasteiger partial charge on any atom is -0.433 e. The van der Waals surface area contributed by atoms with E-state index in [4.69, 9.17) is 0 Å². The van der Waals surface area contributed by atoms with Crippen molar-refractivity contribution in [2.75, 3.05) is 5.32 Å². The molecule has 10 heteroatoms. The second-order valence-corrected chi connectivity index (χ2v) is 6.73. The Bertz CT molecular complexity index is 1300. The van der Waals surface area contributed by atoms with Crippen molar-refractivity contribution >= 4 is 22.6 Å². The van der Waals surface area contributed by atoms with E-state index in [0.29, 0.717) is 5.65 Å². The Balaban J connectivity index is 1.58. The van der Waals surface area contributed by atoms with Gasteiger partial charge in [0.1, 0.15) is 24.0 Å². The van der Waals surface area contributed by atoms with E-state index in [0.717, 1.165) is 15.8 Å². The Morgan fingerprint density at radius 3 is 2.71 bits per heavy atom. The predicted molar refractivity (Wildman–Crippen MR) is 110 cm³/mol. The Kier molecular flexibility index (Phi) is 5.44. The first kappa shape index (κ1) is 20.2. The number of carbonyl (C=O) groups is 1. The van der Waals surface area contributed by atoms with Crippen molar-refractivity contribution < 1.29 is 18.3 Å². The summed E-state index contributed by atoms with van der Waals surface area (Å²) >= 11 is 0. The molecule has 0 fully saturated rings. The summed E-state index contributed by atoms with van der Waals surface area (Å²) in [4.78, 5) is 29.5. The van der Waals surface area contributed by atoms with Gasteiger partial charge in [-0.1, -0.05) is 24.3 Å². The van der Waals surface area contributed by atoms with Gasteiger partial charge in [0.05, 0.1) is 17.6 Å². The van der Waals surface area contributed by atoms with E-state index in [-0.39, 0.29) is 23.4 Å². The number of aromatic nitrogens is 4. The number of hydrogen-bond acceptors (Lipinski definition) is 5. The number of fused-ring (bicyclic) bond motifs is 1. The van der Waals surface area contributed by atoms with Gasteiger partial charge in [0.25, 0.3) is 5.56 Å². The standard InChI is InChI=1S/C21H17F2N5O3/c1-13-7-8-17(31-21(22)23)16(9-13)26-18(29)11-27-12-24-19-15(20(27)30)10-25-28(19)14-5-3-2-4-6-14/h2-10,12,21H,11H2,1H3,(H,26,29). The average Bonchev–Trinajstić information content (AvgIpc) is 3.17. The van der Waals surface area contributed by atoms with E-state index in [9.17, 15) is 18.4 Å². The van der Waals surface area contributed by atoms with Crippen molar-refractivity contribution in [1.82, 2.24) is 19.3 Å². The molecule has 0 radical (unpaired) electrons. The van der Waals surface area contributed by atoms with Crippen LogP contribution in [0.3, 0.4) is 0 Å². The van der Waals surface area contributed by atoms with E-state index >= 15 is 0 Å². The molecule has 158 valence electrons. The molecule has 0 saturated heterocycles. The van der Waals surface area contributed by atoms with E-state index in [2.05, 4.69) is 20.1 Å². The average molecular weight is 425 g/mol. The smallest absolute Gasteiger partial charge is 0.387 e. The van der Waals surface area contributed by atoms with Crippen LogP contribution < -0.4 is 15.6 Å². The highest BCUT2D eigenvalue weighted by Gasteiger charge is 2.15. The maximum atomic E-state index is 12.8. The first-order valence-electron chi connectivity index (χ1n) is 9.26. The molecule has 4 aromatic rings. The Morgan fingerprint density at radius 2 is 1.97 bits per heavy atom. The fourth-order valence-corrected chi connectivity index (χ4v) is 3.10. The number of amides is 1. The Morgan fingerprint density at radius 1 is 1.19 bits per heavy atom. The quantitative estimate of drug-likeness (QED) is 0.513. The van der Waals surface area contributed by atoms with Crippen LogP contribution in [-0.2, 0) is 11.3 Å². The highest BCUT2D eigenvalue weighted by molar-refractivity contribution is 5.92. The zero-order valence-corrected chi connectivity index (χ0v) is 16.3. The molecule has 0 atom stereocenters. The summed E-state index contributed by atoms with van der Waals surface area (Å²) in [5.41, 5.74) is 1.48. The van der Waals surface area contributed by atoms with E-state index in [1.165, 1.54) is 29.3 Å². The number of nitrogens with zero attached hydrogens (tertiary/aromatic N) is 4. The van der Waals surface area contributed by atoms with Crippen LogP contribution in [0, 0.1) is 6.92 Å². The van der Waals surface area contributed by atoms with Crippen molar-refractivity contribution in [1.29, 1.82) is 0 Å². The van der Waals surface area contributed by atoms with Gasteiger partial charge in [-0.05, 0) is 36.8 Å². The first-order chi connectivity index (χ1) is 14.9. The lowest BCUT2D eigenvalue weighted by Gasteiger charge is -2.13. The van der Waals surface area contributed by atoms with Crippen LogP contribution >= 0.6 is 0 Å². The number of nitrogens with one attached hydrogen (secondary N) is 1. The van der Waals surface area contributed by atoms with Crippen LogP contribution in [0.25, 0.3) is 16.7 Å². The van der Waals surface area contributed by atoms with Crippen LogP contribution in [-0.4, -0.2) is 31.9 Å². The third-order valence-electron chi connectivity index (χ3n) is 4.49. The van der Waals surface area contributed by atoms with Gasteiger partial charge in [-0.2, -0.15) is 13.9 Å². The number of hydrogen-bond donors (Lipinski definition) is 1. The van der Waals surface area contributed by atoms with Gasteiger partial charge in [-0.15, -0.1) is 0 Å². The highest BCUT2D eigenvalue weighted by Crippen LogP contribution is 2.27. The molecule has 2 aromatic heterocycles. The van der Waals surface area contributed by atoms with Gasteiger partial charge < -0.3 is 10.1 Å². The molecule has 31 heavy (non-hydrogen) atoms. The van der Waals surface area contributed by atoms with E-state index < -0.39 is 18.1 Å². The van der Waals surface area contributed by atoms with Gasteiger partial charge in [-0.25, -0.2) is 9.67 Å². The lowest BCUT2D eigenvalue weighted by molar-refractivity contribution is -0.116. The number of alkyl halides is 2. The minimum absolute atomic E-state index is 0.0873. The molecule has 8 nitrogen and oxygen atoms in total. The van der Waals surface area contributed by atoms with Crippen molar-refractivity contribution in [3.63, 3.8) is 0 Å². The summed E-state index contributed by atoms with van der Waals surface area (Å²) in [6, 6.07) is 13.6. The number of carbonyl (C=O) groups excluding carboxylic acids is 1. The van der Waals surface area contributed by atoms with Gasteiger partial charge in [-0.3, -0.25) is 14.2 Å².